The lowest BCUT2D eigenvalue weighted by Gasteiger charge is -2.19. The van der Waals surface area contributed by atoms with Crippen LogP contribution in [0.1, 0.15) is 48.1 Å². The first-order valence-electron chi connectivity index (χ1n) is 11.4. The molecule has 0 saturated carbocycles. The molecule has 0 radical (unpaired) electrons. The van der Waals surface area contributed by atoms with Gasteiger partial charge in [0.05, 0.1) is 11.9 Å². The number of benzene rings is 3. The van der Waals surface area contributed by atoms with Crippen LogP contribution < -0.4 is 10.1 Å². The molecule has 34 heavy (non-hydrogen) atoms. The third-order valence-electron chi connectivity index (χ3n) is 5.48. The molecule has 0 aliphatic heterocycles. The third-order valence-corrected chi connectivity index (χ3v) is 5.48. The van der Waals surface area contributed by atoms with Gasteiger partial charge < -0.3 is 10.1 Å². The molecule has 3 aromatic carbocycles. The quantitative estimate of drug-likeness (QED) is 0.295. The van der Waals surface area contributed by atoms with E-state index in [0.29, 0.717) is 17.5 Å². The highest BCUT2D eigenvalue weighted by Gasteiger charge is 2.16. The van der Waals surface area contributed by atoms with E-state index in [1.807, 2.05) is 72.8 Å². The molecule has 1 N–H and O–H groups in total. The summed E-state index contributed by atoms with van der Waals surface area (Å²) in [5, 5.41) is 2.84. The number of hydrogen-bond donors (Lipinski definition) is 1. The van der Waals surface area contributed by atoms with Gasteiger partial charge in [-0.2, -0.15) is 0 Å². The van der Waals surface area contributed by atoms with Crippen LogP contribution in [0.5, 0.6) is 5.88 Å². The Morgan fingerprint density at radius 2 is 1.41 bits per heavy atom. The second kappa shape index (κ2) is 11.1. The highest BCUT2D eigenvalue weighted by atomic mass is 16.5. The van der Waals surface area contributed by atoms with Crippen molar-refractivity contribution in [2.24, 2.45) is 0 Å². The first-order valence-corrected chi connectivity index (χ1v) is 11.4. The van der Waals surface area contributed by atoms with Gasteiger partial charge in [-0.3, -0.25) is 4.79 Å². The number of rotatable bonds is 8. The summed E-state index contributed by atoms with van der Waals surface area (Å²) in [5.41, 5.74) is 4.94. The summed E-state index contributed by atoms with van der Waals surface area (Å²) in [5.74, 6) is 0.753. The maximum absolute atomic E-state index is 12.3. The lowest BCUT2D eigenvalue weighted by atomic mass is 10.0. The van der Waals surface area contributed by atoms with Gasteiger partial charge in [-0.1, -0.05) is 98.8 Å². The Bertz CT molecular complexity index is 1180. The molecule has 0 aliphatic rings. The van der Waals surface area contributed by atoms with Crippen molar-refractivity contribution in [3.8, 4) is 5.88 Å². The van der Waals surface area contributed by atoms with E-state index in [2.05, 4.69) is 36.3 Å². The van der Waals surface area contributed by atoms with E-state index in [4.69, 9.17) is 4.74 Å². The van der Waals surface area contributed by atoms with Crippen molar-refractivity contribution in [3.63, 3.8) is 0 Å². The van der Waals surface area contributed by atoms with Crippen LogP contribution in [0.2, 0.25) is 0 Å². The lowest BCUT2D eigenvalue weighted by molar-refractivity contribution is -0.111. The van der Waals surface area contributed by atoms with Crippen LogP contribution in [0.4, 0.5) is 5.69 Å². The lowest BCUT2D eigenvalue weighted by Crippen LogP contribution is -2.11. The first kappa shape index (κ1) is 23.0. The van der Waals surface area contributed by atoms with E-state index in [1.165, 1.54) is 11.6 Å². The molecule has 0 bridgehead atoms. The fourth-order valence-electron chi connectivity index (χ4n) is 3.58. The molecule has 0 aliphatic carbocycles. The minimum atomic E-state index is -0.277. The highest BCUT2D eigenvalue weighted by Crippen LogP contribution is 2.27. The van der Waals surface area contributed by atoms with Crippen LogP contribution in [0.3, 0.4) is 0 Å². The number of ether oxygens (including phenoxy) is 1. The van der Waals surface area contributed by atoms with Crippen LogP contribution in [0.25, 0.3) is 6.08 Å². The minimum Gasteiger partial charge on any atom is -0.465 e. The van der Waals surface area contributed by atoms with Crippen LogP contribution in [-0.4, -0.2) is 10.9 Å². The fourth-order valence-corrected chi connectivity index (χ4v) is 3.58. The third kappa shape index (κ3) is 6.20. The second-order valence-electron chi connectivity index (χ2n) is 8.35. The molecule has 0 spiro atoms. The summed E-state index contributed by atoms with van der Waals surface area (Å²) in [7, 11) is 0. The van der Waals surface area contributed by atoms with Gasteiger partial charge in [0.2, 0.25) is 11.8 Å². The molecule has 4 heteroatoms. The monoisotopic (exact) mass is 448 g/mol. The number of amides is 1. The van der Waals surface area contributed by atoms with Crippen molar-refractivity contribution in [2.75, 3.05) is 5.32 Å². The standard InChI is InChI=1S/C30H28N2O2/c1-22(2)24-16-13-23(14-17-24)15-19-28(33)32-27-18-20-29(31-21-27)34-30(25-9-5-3-6-10-25)26-11-7-4-8-12-26/h3-22,30H,1-2H3,(H,32,33)/b19-15+. The van der Waals surface area contributed by atoms with Gasteiger partial charge in [-0.15, -0.1) is 0 Å². The summed E-state index contributed by atoms with van der Waals surface area (Å²) in [6.07, 6.45) is 4.65. The summed E-state index contributed by atoms with van der Waals surface area (Å²) in [6.45, 7) is 4.32. The predicted molar refractivity (Wildman–Crippen MR) is 138 cm³/mol. The van der Waals surface area contributed by atoms with Crippen molar-refractivity contribution >= 4 is 17.7 Å². The number of aromatic nitrogens is 1. The average Bonchev–Trinajstić information content (AvgIpc) is 2.88. The van der Waals surface area contributed by atoms with Gasteiger partial charge in [-0.25, -0.2) is 4.98 Å². The Labute approximate surface area is 201 Å². The van der Waals surface area contributed by atoms with Crippen molar-refractivity contribution in [1.29, 1.82) is 0 Å². The van der Waals surface area contributed by atoms with Crippen molar-refractivity contribution in [3.05, 3.63) is 132 Å². The molecule has 1 heterocycles. The van der Waals surface area contributed by atoms with Gasteiger partial charge >= 0.3 is 0 Å². The van der Waals surface area contributed by atoms with Gasteiger partial charge in [0.25, 0.3) is 0 Å². The largest absolute Gasteiger partial charge is 0.465 e. The zero-order chi connectivity index (χ0) is 23.8. The van der Waals surface area contributed by atoms with E-state index in [-0.39, 0.29) is 12.0 Å². The number of hydrogen-bond acceptors (Lipinski definition) is 3. The SMILES string of the molecule is CC(C)c1ccc(/C=C/C(=O)Nc2ccc(OC(c3ccccc3)c3ccccc3)nc2)cc1. The molecule has 4 nitrogen and oxygen atoms in total. The van der Waals surface area contributed by atoms with Crippen molar-refractivity contribution in [2.45, 2.75) is 25.9 Å². The van der Waals surface area contributed by atoms with Crippen LogP contribution in [0, 0.1) is 0 Å². The summed E-state index contributed by atoms with van der Waals surface area (Å²) in [4.78, 5) is 16.7. The number of carbonyl (C=O) groups is 1. The Hall–Kier alpha value is -4.18. The average molecular weight is 449 g/mol. The second-order valence-corrected chi connectivity index (χ2v) is 8.35. The fraction of sp³-hybridized carbons (Fsp3) is 0.133. The van der Waals surface area contributed by atoms with Crippen molar-refractivity contribution in [1.82, 2.24) is 4.98 Å². The molecular formula is C30H28N2O2. The van der Waals surface area contributed by atoms with Gasteiger partial charge in [0.15, 0.2) is 6.10 Å². The predicted octanol–water partition coefficient (Wildman–Crippen LogP) is 7.03. The number of nitrogens with zero attached hydrogens (tertiary/aromatic N) is 1. The highest BCUT2D eigenvalue weighted by molar-refractivity contribution is 6.01. The molecule has 1 amide bonds. The van der Waals surface area contributed by atoms with E-state index in [1.54, 1.807) is 24.4 Å². The summed E-state index contributed by atoms with van der Waals surface area (Å²) in [6, 6.07) is 31.8. The molecule has 4 aromatic rings. The zero-order valence-electron chi connectivity index (χ0n) is 19.4. The minimum absolute atomic E-state index is 0.213. The molecule has 0 unspecified atom stereocenters. The van der Waals surface area contributed by atoms with Crippen LogP contribution in [-0.2, 0) is 4.79 Å². The van der Waals surface area contributed by atoms with Crippen molar-refractivity contribution < 1.29 is 9.53 Å². The molecule has 0 atom stereocenters. The van der Waals surface area contributed by atoms with E-state index in [9.17, 15) is 4.79 Å². The Morgan fingerprint density at radius 3 is 1.94 bits per heavy atom. The maximum atomic E-state index is 12.3. The normalized spacial score (nSPS) is 11.2. The molecule has 170 valence electrons. The smallest absolute Gasteiger partial charge is 0.248 e. The molecular weight excluding hydrogens is 420 g/mol. The van der Waals surface area contributed by atoms with Gasteiger partial charge in [0.1, 0.15) is 0 Å². The molecule has 0 fully saturated rings. The van der Waals surface area contributed by atoms with Gasteiger partial charge in [0, 0.05) is 12.1 Å². The summed E-state index contributed by atoms with van der Waals surface area (Å²) < 4.78 is 6.24. The number of anilines is 1. The number of pyridine rings is 1. The number of nitrogens with one attached hydrogen (secondary N) is 1. The number of carbonyl (C=O) groups excluding carboxylic acids is 1. The molecule has 1 aromatic heterocycles. The van der Waals surface area contributed by atoms with Gasteiger partial charge in [-0.05, 0) is 40.3 Å². The molecule has 4 rings (SSSR count). The topological polar surface area (TPSA) is 51.2 Å². The Balaban J connectivity index is 1.40. The van der Waals surface area contributed by atoms with E-state index in [0.717, 1.165) is 16.7 Å². The Morgan fingerprint density at radius 1 is 0.794 bits per heavy atom. The first-order chi connectivity index (χ1) is 16.6. The molecule has 0 saturated heterocycles. The van der Waals surface area contributed by atoms with Crippen LogP contribution in [0.15, 0.2) is 109 Å². The maximum Gasteiger partial charge on any atom is 0.248 e. The van der Waals surface area contributed by atoms with Crippen LogP contribution >= 0.6 is 0 Å². The summed E-state index contributed by atoms with van der Waals surface area (Å²) >= 11 is 0. The Kier molecular flexibility index (Phi) is 7.51. The van der Waals surface area contributed by atoms with E-state index >= 15 is 0 Å². The zero-order valence-corrected chi connectivity index (χ0v) is 19.4. The van der Waals surface area contributed by atoms with E-state index < -0.39 is 0 Å².